The predicted octanol–water partition coefficient (Wildman–Crippen LogP) is 0.799. The van der Waals surface area contributed by atoms with Crippen molar-refractivity contribution in [2.24, 2.45) is 5.73 Å². The standard InChI is InChI=1S/C12H18N2O5S/c13-9(10(15)16)8-20-7-1-2-12(18-5-6-19-12)11-14-3-4-17-11/h3-4,9H,1-2,5-8,13H2,(H,15,16). The van der Waals surface area contributed by atoms with E-state index in [2.05, 4.69) is 4.98 Å². The minimum atomic E-state index is -0.976. The van der Waals surface area contributed by atoms with Crippen LogP contribution in [0.3, 0.4) is 0 Å². The summed E-state index contributed by atoms with van der Waals surface area (Å²) < 4.78 is 16.6. The number of carbonyl (C=O) groups is 1. The molecule has 1 aliphatic heterocycles. The topological polar surface area (TPSA) is 108 Å². The van der Waals surface area contributed by atoms with Gasteiger partial charge in [-0.05, 0) is 12.2 Å². The van der Waals surface area contributed by atoms with E-state index in [0.717, 1.165) is 12.2 Å². The molecule has 3 N–H and O–H groups in total. The molecule has 1 unspecified atom stereocenters. The lowest BCUT2D eigenvalue weighted by Gasteiger charge is -2.23. The first-order chi connectivity index (χ1) is 9.64. The van der Waals surface area contributed by atoms with Gasteiger partial charge >= 0.3 is 5.97 Å². The van der Waals surface area contributed by atoms with Gasteiger partial charge in [0.15, 0.2) is 0 Å². The van der Waals surface area contributed by atoms with Crippen molar-refractivity contribution in [3.63, 3.8) is 0 Å². The van der Waals surface area contributed by atoms with E-state index in [1.165, 1.54) is 18.0 Å². The molecule has 20 heavy (non-hydrogen) atoms. The molecule has 0 bridgehead atoms. The molecule has 1 aromatic rings. The zero-order valence-electron chi connectivity index (χ0n) is 11.0. The van der Waals surface area contributed by atoms with E-state index in [9.17, 15) is 4.79 Å². The Hall–Kier alpha value is -1.09. The van der Waals surface area contributed by atoms with Crippen LogP contribution in [0.4, 0.5) is 0 Å². The Balaban J connectivity index is 1.75. The maximum Gasteiger partial charge on any atom is 0.321 e. The molecule has 0 amide bonds. The number of aromatic nitrogens is 1. The van der Waals surface area contributed by atoms with Crippen molar-refractivity contribution in [2.45, 2.75) is 24.7 Å². The van der Waals surface area contributed by atoms with Gasteiger partial charge in [-0.1, -0.05) is 0 Å². The second-order valence-electron chi connectivity index (χ2n) is 4.41. The van der Waals surface area contributed by atoms with Crippen LogP contribution in [-0.2, 0) is 20.1 Å². The molecule has 1 saturated heterocycles. The van der Waals surface area contributed by atoms with E-state index in [1.807, 2.05) is 0 Å². The first-order valence-electron chi connectivity index (χ1n) is 6.38. The number of nitrogens with two attached hydrogens (primary N) is 1. The summed E-state index contributed by atoms with van der Waals surface area (Å²) in [5, 5.41) is 8.68. The summed E-state index contributed by atoms with van der Waals surface area (Å²) in [5.41, 5.74) is 5.43. The van der Waals surface area contributed by atoms with Crippen molar-refractivity contribution in [2.75, 3.05) is 24.7 Å². The molecule has 0 aromatic carbocycles. The highest BCUT2D eigenvalue weighted by molar-refractivity contribution is 7.99. The van der Waals surface area contributed by atoms with E-state index in [1.54, 1.807) is 6.20 Å². The molecule has 1 atom stereocenters. The Kier molecular flexibility index (Phi) is 5.41. The molecular weight excluding hydrogens is 284 g/mol. The molecule has 0 aliphatic carbocycles. The highest BCUT2D eigenvalue weighted by Gasteiger charge is 2.42. The summed E-state index contributed by atoms with van der Waals surface area (Å²) in [5.74, 6) is -0.267. The van der Waals surface area contributed by atoms with Gasteiger partial charge in [0.25, 0.3) is 5.89 Å². The van der Waals surface area contributed by atoms with E-state index >= 15 is 0 Å². The lowest BCUT2D eigenvalue weighted by molar-refractivity contribution is -0.186. The highest BCUT2D eigenvalue weighted by Crippen LogP contribution is 2.35. The van der Waals surface area contributed by atoms with Crippen LogP contribution in [0.2, 0.25) is 0 Å². The highest BCUT2D eigenvalue weighted by atomic mass is 32.2. The molecule has 0 spiro atoms. The molecule has 1 aromatic heterocycles. The largest absolute Gasteiger partial charge is 0.480 e. The lowest BCUT2D eigenvalue weighted by atomic mass is 10.1. The minimum Gasteiger partial charge on any atom is -0.480 e. The number of thioether (sulfide) groups is 1. The van der Waals surface area contributed by atoms with Crippen molar-refractivity contribution < 1.29 is 23.8 Å². The van der Waals surface area contributed by atoms with E-state index in [-0.39, 0.29) is 0 Å². The number of ether oxygens (including phenoxy) is 2. The van der Waals surface area contributed by atoms with Gasteiger partial charge in [-0.2, -0.15) is 11.8 Å². The Morgan fingerprint density at radius 3 is 2.90 bits per heavy atom. The fraction of sp³-hybridized carbons (Fsp3) is 0.667. The molecule has 8 heteroatoms. The van der Waals surface area contributed by atoms with E-state index < -0.39 is 17.8 Å². The van der Waals surface area contributed by atoms with Gasteiger partial charge in [0, 0.05) is 12.2 Å². The number of oxazole rings is 1. The average molecular weight is 302 g/mol. The number of rotatable bonds is 8. The number of nitrogens with zero attached hydrogens (tertiary/aromatic N) is 1. The van der Waals surface area contributed by atoms with Crippen LogP contribution in [0, 0.1) is 0 Å². The predicted molar refractivity (Wildman–Crippen MR) is 72.3 cm³/mol. The van der Waals surface area contributed by atoms with Gasteiger partial charge in [0.2, 0.25) is 5.79 Å². The van der Waals surface area contributed by atoms with Gasteiger partial charge in [-0.15, -0.1) is 0 Å². The number of carboxylic acid groups (broad SMARTS) is 1. The van der Waals surface area contributed by atoms with Gasteiger partial charge in [0.1, 0.15) is 12.3 Å². The average Bonchev–Trinajstić information content (AvgIpc) is 3.09. The van der Waals surface area contributed by atoms with Crippen LogP contribution < -0.4 is 5.73 Å². The Morgan fingerprint density at radius 1 is 1.55 bits per heavy atom. The van der Waals surface area contributed by atoms with E-state index in [0.29, 0.717) is 31.3 Å². The number of hydrogen-bond donors (Lipinski definition) is 2. The van der Waals surface area contributed by atoms with E-state index in [4.69, 9.17) is 24.7 Å². The van der Waals surface area contributed by atoms with Crippen LogP contribution in [0.5, 0.6) is 0 Å². The molecular formula is C12H18N2O5S. The normalized spacial score (nSPS) is 19.1. The zero-order chi connectivity index (χ0) is 14.4. The van der Waals surface area contributed by atoms with Gasteiger partial charge < -0.3 is 24.7 Å². The monoisotopic (exact) mass is 302 g/mol. The van der Waals surface area contributed by atoms with Crippen molar-refractivity contribution in [3.05, 3.63) is 18.4 Å². The molecule has 1 aliphatic rings. The smallest absolute Gasteiger partial charge is 0.321 e. The summed E-state index contributed by atoms with van der Waals surface area (Å²) in [6.07, 6.45) is 4.45. The Labute approximate surface area is 120 Å². The summed E-state index contributed by atoms with van der Waals surface area (Å²) in [6, 6.07) is -0.820. The van der Waals surface area contributed by atoms with Gasteiger partial charge in [-0.3, -0.25) is 4.79 Å². The third-order valence-electron chi connectivity index (χ3n) is 2.92. The summed E-state index contributed by atoms with van der Waals surface area (Å²) in [7, 11) is 0. The fourth-order valence-corrected chi connectivity index (χ4v) is 2.84. The second kappa shape index (κ2) is 7.07. The fourth-order valence-electron chi connectivity index (χ4n) is 1.93. The number of aliphatic carboxylic acids is 1. The number of hydrogen-bond acceptors (Lipinski definition) is 7. The SMILES string of the molecule is NC(CSCCCC1(c2ncco2)OCCO1)C(=O)O. The third-order valence-corrected chi connectivity index (χ3v) is 4.09. The van der Waals surface area contributed by atoms with Crippen molar-refractivity contribution in [1.82, 2.24) is 4.98 Å². The molecule has 0 saturated carbocycles. The second-order valence-corrected chi connectivity index (χ2v) is 5.56. The Bertz CT molecular complexity index is 419. The summed E-state index contributed by atoms with van der Waals surface area (Å²) in [6.45, 7) is 1.03. The van der Waals surface area contributed by atoms with Crippen LogP contribution in [0.1, 0.15) is 18.7 Å². The van der Waals surface area contributed by atoms with Gasteiger partial charge in [-0.25, -0.2) is 4.98 Å². The van der Waals surface area contributed by atoms with Crippen molar-refractivity contribution in [3.8, 4) is 0 Å². The van der Waals surface area contributed by atoms with Crippen molar-refractivity contribution in [1.29, 1.82) is 0 Å². The molecule has 112 valence electrons. The maximum absolute atomic E-state index is 10.6. The summed E-state index contributed by atoms with van der Waals surface area (Å²) >= 11 is 1.50. The zero-order valence-corrected chi connectivity index (χ0v) is 11.8. The molecule has 7 nitrogen and oxygen atoms in total. The molecule has 0 radical (unpaired) electrons. The first kappa shape index (κ1) is 15.3. The van der Waals surface area contributed by atoms with Gasteiger partial charge in [0.05, 0.1) is 19.4 Å². The number of carboxylic acids is 1. The molecule has 1 fully saturated rings. The molecule has 2 rings (SSSR count). The quantitative estimate of drug-likeness (QED) is 0.679. The third kappa shape index (κ3) is 3.72. The first-order valence-corrected chi connectivity index (χ1v) is 7.53. The molecule has 2 heterocycles. The van der Waals surface area contributed by atoms with Crippen molar-refractivity contribution >= 4 is 17.7 Å². The maximum atomic E-state index is 10.6. The summed E-state index contributed by atoms with van der Waals surface area (Å²) in [4.78, 5) is 14.7. The van der Waals surface area contributed by atoms with Crippen LogP contribution >= 0.6 is 11.8 Å². The van der Waals surface area contributed by atoms with Crippen LogP contribution in [0.25, 0.3) is 0 Å². The lowest BCUT2D eigenvalue weighted by Crippen LogP contribution is -2.32. The van der Waals surface area contributed by atoms with Crippen LogP contribution in [0.15, 0.2) is 16.9 Å². The van der Waals surface area contributed by atoms with Crippen LogP contribution in [-0.4, -0.2) is 46.8 Å². The Morgan fingerprint density at radius 2 is 2.30 bits per heavy atom. The minimum absolute atomic E-state index is 0.392.